The lowest BCUT2D eigenvalue weighted by Crippen LogP contribution is -2.43. The Hall–Kier alpha value is -1.85. The Morgan fingerprint density at radius 2 is 2.00 bits per heavy atom. The minimum atomic E-state index is -0.731. The smallest absolute Gasteiger partial charge is 0.415 e. The maximum absolute atomic E-state index is 12.1. The Morgan fingerprint density at radius 3 is 2.47 bits per heavy atom. The summed E-state index contributed by atoms with van der Waals surface area (Å²) in [5.74, 6) is -0.514. The van der Waals surface area contributed by atoms with Gasteiger partial charge in [-0.05, 0) is 39.7 Å². The van der Waals surface area contributed by atoms with Gasteiger partial charge in [-0.3, -0.25) is 9.69 Å². The van der Waals surface area contributed by atoms with E-state index in [2.05, 4.69) is 4.74 Å². The van der Waals surface area contributed by atoms with Crippen molar-refractivity contribution in [2.24, 2.45) is 0 Å². The van der Waals surface area contributed by atoms with Crippen molar-refractivity contribution in [3.05, 3.63) is 11.8 Å². The zero-order valence-electron chi connectivity index (χ0n) is 11.6. The monoisotopic (exact) mass is 269 g/mol. The second-order valence-corrected chi connectivity index (χ2v) is 5.22. The van der Waals surface area contributed by atoms with Crippen LogP contribution >= 0.6 is 0 Å². The van der Waals surface area contributed by atoms with Crippen LogP contribution in [0.3, 0.4) is 0 Å². The van der Waals surface area contributed by atoms with Gasteiger partial charge in [0, 0.05) is 5.70 Å². The first kappa shape index (κ1) is 15.2. The van der Waals surface area contributed by atoms with E-state index in [4.69, 9.17) is 4.74 Å². The molecule has 6 nitrogen and oxygen atoms in total. The fraction of sp³-hybridized carbons (Fsp3) is 0.615. The summed E-state index contributed by atoms with van der Waals surface area (Å²) in [6.07, 6.45) is 2.09. The number of ether oxygens (including phenoxy) is 2. The molecular weight excluding hydrogens is 250 g/mol. The number of nitrogens with zero attached hydrogens (tertiary/aromatic N) is 1. The van der Waals surface area contributed by atoms with Crippen LogP contribution < -0.4 is 0 Å². The molecule has 0 aromatic heterocycles. The predicted molar refractivity (Wildman–Crippen MR) is 67.3 cm³/mol. The maximum Gasteiger partial charge on any atom is 0.415 e. The van der Waals surface area contributed by atoms with Crippen molar-refractivity contribution in [2.75, 3.05) is 7.11 Å². The highest BCUT2D eigenvalue weighted by atomic mass is 16.6. The average Bonchev–Trinajstić information content (AvgIpc) is 2.70. The zero-order chi connectivity index (χ0) is 14.6. The lowest BCUT2D eigenvalue weighted by atomic mass is 10.2. The van der Waals surface area contributed by atoms with Crippen molar-refractivity contribution in [2.45, 2.75) is 45.3 Å². The molecule has 0 saturated carbocycles. The average molecular weight is 269 g/mol. The molecule has 1 amide bonds. The minimum absolute atomic E-state index is 0.422. The molecule has 0 aliphatic carbocycles. The number of aldehydes is 1. The van der Waals surface area contributed by atoms with Crippen LogP contribution in [0.25, 0.3) is 0 Å². The molecule has 1 saturated heterocycles. The molecule has 19 heavy (non-hydrogen) atoms. The van der Waals surface area contributed by atoms with Gasteiger partial charge in [-0.2, -0.15) is 0 Å². The van der Waals surface area contributed by atoms with E-state index in [0.717, 1.165) is 0 Å². The predicted octanol–water partition coefficient (Wildman–Crippen LogP) is 1.64. The van der Waals surface area contributed by atoms with E-state index in [0.29, 0.717) is 24.8 Å². The molecule has 1 rings (SSSR count). The number of hydrogen-bond acceptors (Lipinski definition) is 5. The van der Waals surface area contributed by atoms with E-state index in [1.54, 1.807) is 20.8 Å². The molecule has 1 fully saturated rings. The standard InChI is InChI=1S/C13H19NO5/c1-13(2,3)19-12(17)14-9(7-8-15)5-6-10(14)11(16)18-4/h7-8,10H,5-6H2,1-4H3/b9-7+/t10-/m0/s1. The van der Waals surface area contributed by atoms with Gasteiger partial charge in [0.15, 0.2) is 0 Å². The topological polar surface area (TPSA) is 72.9 Å². The van der Waals surface area contributed by atoms with Gasteiger partial charge in [-0.25, -0.2) is 9.59 Å². The SMILES string of the molecule is COC(=O)[C@@H]1CC/C(=C\C=O)N1C(=O)OC(C)(C)C. The van der Waals surface area contributed by atoms with Gasteiger partial charge in [-0.15, -0.1) is 0 Å². The number of amides is 1. The Morgan fingerprint density at radius 1 is 1.37 bits per heavy atom. The van der Waals surface area contributed by atoms with Crippen molar-refractivity contribution < 1.29 is 23.9 Å². The Labute approximate surface area is 112 Å². The molecule has 0 unspecified atom stereocenters. The first-order chi connectivity index (χ1) is 8.80. The number of allylic oxidation sites excluding steroid dienone is 2. The molecule has 0 spiro atoms. The lowest BCUT2D eigenvalue weighted by Gasteiger charge is -2.28. The molecule has 1 aliphatic rings. The second kappa shape index (κ2) is 5.86. The lowest BCUT2D eigenvalue weighted by molar-refractivity contribution is -0.145. The van der Waals surface area contributed by atoms with Crippen LogP contribution in [0.5, 0.6) is 0 Å². The summed E-state index contributed by atoms with van der Waals surface area (Å²) in [6, 6.07) is -0.731. The van der Waals surface area contributed by atoms with Crippen LogP contribution in [-0.2, 0) is 19.1 Å². The first-order valence-electron chi connectivity index (χ1n) is 6.04. The second-order valence-electron chi connectivity index (χ2n) is 5.22. The van der Waals surface area contributed by atoms with Gasteiger partial charge in [-0.1, -0.05) is 0 Å². The normalized spacial score (nSPS) is 21.4. The molecule has 6 heteroatoms. The largest absolute Gasteiger partial charge is 0.467 e. The molecule has 1 heterocycles. The van der Waals surface area contributed by atoms with Crippen LogP contribution in [0, 0.1) is 0 Å². The summed E-state index contributed by atoms with van der Waals surface area (Å²) < 4.78 is 9.91. The highest BCUT2D eigenvalue weighted by Crippen LogP contribution is 2.29. The molecule has 0 radical (unpaired) electrons. The highest BCUT2D eigenvalue weighted by molar-refractivity contribution is 5.84. The van der Waals surface area contributed by atoms with Crippen LogP contribution in [0.2, 0.25) is 0 Å². The molecule has 0 aromatic carbocycles. The van der Waals surface area contributed by atoms with E-state index in [-0.39, 0.29) is 0 Å². The fourth-order valence-electron chi connectivity index (χ4n) is 1.89. The summed E-state index contributed by atoms with van der Waals surface area (Å²) in [4.78, 5) is 35.6. The van der Waals surface area contributed by atoms with Crippen LogP contribution in [-0.4, -0.2) is 42.0 Å². The third-order valence-electron chi connectivity index (χ3n) is 2.62. The van der Waals surface area contributed by atoms with E-state index in [1.807, 2.05) is 0 Å². The number of carbonyl (C=O) groups excluding carboxylic acids is 3. The summed E-state index contributed by atoms with van der Waals surface area (Å²) in [7, 11) is 1.26. The van der Waals surface area contributed by atoms with Gasteiger partial charge >= 0.3 is 12.1 Å². The first-order valence-corrected chi connectivity index (χ1v) is 6.04. The van der Waals surface area contributed by atoms with E-state index >= 15 is 0 Å². The zero-order valence-corrected chi connectivity index (χ0v) is 11.6. The van der Waals surface area contributed by atoms with E-state index in [1.165, 1.54) is 18.1 Å². The molecule has 0 N–H and O–H groups in total. The van der Waals surface area contributed by atoms with Crippen molar-refractivity contribution >= 4 is 18.3 Å². The van der Waals surface area contributed by atoms with Gasteiger partial charge in [0.25, 0.3) is 0 Å². The molecule has 1 aliphatic heterocycles. The molecule has 1 atom stereocenters. The van der Waals surface area contributed by atoms with E-state index < -0.39 is 23.7 Å². The van der Waals surface area contributed by atoms with Crippen LogP contribution in [0.1, 0.15) is 33.6 Å². The van der Waals surface area contributed by atoms with Crippen LogP contribution in [0.4, 0.5) is 4.79 Å². The summed E-state index contributed by atoms with van der Waals surface area (Å²) >= 11 is 0. The number of hydrogen-bond donors (Lipinski definition) is 0. The van der Waals surface area contributed by atoms with Crippen molar-refractivity contribution in [1.82, 2.24) is 4.90 Å². The Kier molecular flexibility index (Phi) is 4.69. The number of carbonyl (C=O) groups is 3. The maximum atomic E-state index is 12.1. The Bertz CT molecular complexity index is 408. The highest BCUT2D eigenvalue weighted by Gasteiger charge is 2.40. The third-order valence-corrected chi connectivity index (χ3v) is 2.62. The molecule has 0 aromatic rings. The molecule has 0 bridgehead atoms. The van der Waals surface area contributed by atoms with Gasteiger partial charge < -0.3 is 9.47 Å². The number of esters is 1. The summed E-state index contributed by atoms with van der Waals surface area (Å²) in [5, 5.41) is 0. The number of methoxy groups -OCH3 is 1. The van der Waals surface area contributed by atoms with Gasteiger partial charge in [0.2, 0.25) is 0 Å². The van der Waals surface area contributed by atoms with Crippen molar-refractivity contribution in [3.63, 3.8) is 0 Å². The van der Waals surface area contributed by atoms with E-state index in [9.17, 15) is 14.4 Å². The third kappa shape index (κ3) is 3.81. The summed E-state index contributed by atoms with van der Waals surface area (Å²) in [6.45, 7) is 5.20. The van der Waals surface area contributed by atoms with Crippen molar-refractivity contribution in [1.29, 1.82) is 0 Å². The summed E-state index contributed by atoms with van der Waals surface area (Å²) in [5.41, 5.74) is -0.202. The van der Waals surface area contributed by atoms with Crippen LogP contribution in [0.15, 0.2) is 11.8 Å². The number of rotatable bonds is 2. The molecular formula is C13H19NO5. The Balaban J connectivity index is 2.99. The molecule has 106 valence electrons. The van der Waals surface area contributed by atoms with Gasteiger partial charge in [0.1, 0.15) is 17.9 Å². The quantitative estimate of drug-likeness (QED) is 0.433. The number of likely N-dealkylation sites (tertiary alicyclic amines) is 1. The fourth-order valence-corrected chi connectivity index (χ4v) is 1.89. The minimum Gasteiger partial charge on any atom is -0.467 e. The van der Waals surface area contributed by atoms with Crippen molar-refractivity contribution in [3.8, 4) is 0 Å². The van der Waals surface area contributed by atoms with Gasteiger partial charge in [0.05, 0.1) is 7.11 Å².